The second-order valence-corrected chi connectivity index (χ2v) is 7.67. The number of ether oxygens (including phenoxy) is 1. The van der Waals surface area contributed by atoms with Gasteiger partial charge in [0.15, 0.2) is 0 Å². The summed E-state index contributed by atoms with van der Waals surface area (Å²) in [6, 6.07) is 9.86. The SMILES string of the molecule is COc1ccccc1N1CCN(C2CCN(C(C)C)CC2)CC1.O=C(O)C(=O)O. The summed E-state index contributed by atoms with van der Waals surface area (Å²) >= 11 is 0. The first kappa shape index (κ1) is 23.0. The van der Waals surface area contributed by atoms with Gasteiger partial charge in [-0.1, -0.05) is 12.1 Å². The van der Waals surface area contributed by atoms with E-state index in [9.17, 15) is 0 Å². The molecule has 3 rings (SSSR count). The number of likely N-dealkylation sites (tertiary alicyclic amines) is 1. The van der Waals surface area contributed by atoms with E-state index in [0.717, 1.165) is 24.9 Å². The van der Waals surface area contributed by atoms with Crippen LogP contribution < -0.4 is 9.64 Å². The number of benzene rings is 1. The lowest BCUT2D eigenvalue weighted by molar-refractivity contribution is -0.159. The van der Waals surface area contributed by atoms with Crippen molar-refractivity contribution in [3.05, 3.63) is 24.3 Å². The second kappa shape index (κ2) is 11.0. The predicted octanol–water partition coefficient (Wildman–Crippen LogP) is 1.85. The van der Waals surface area contributed by atoms with Gasteiger partial charge in [0.05, 0.1) is 12.8 Å². The van der Waals surface area contributed by atoms with Crippen molar-refractivity contribution in [3.8, 4) is 5.75 Å². The highest BCUT2D eigenvalue weighted by molar-refractivity contribution is 6.27. The van der Waals surface area contributed by atoms with Crippen LogP contribution in [0.1, 0.15) is 26.7 Å². The van der Waals surface area contributed by atoms with Gasteiger partial charge < -0.3 is 24.7 Å². The van der Waals surface area contributed by atoms with Crippen LogP contribution in [0.5, 0.6) is 5.75 Å². The fourth-order valence-electron chi connectivity index (χ4n) is 3.99. The zero-order chi connectivity index (χ0) is 21.4. The molecule has 0 spiro atoms. The standard InChI is InChI=1S/C19H31N3O.C2H2O4/c1-16(2)20-10-8-17(9-11-20)21-12-14-22(15-13-21)18-6-4-5-7-19(18)23-3;3-1(4)2(5)6/h4-7,16-17H,8-15H2,1-3H3;(H,3,4)(H,5,6). The van der Waals surface area contributed by atoms with E-state index in [1.165, 1.54) is 44.7 Å². The zero-order valence-corrected chi connectivity index (χ0v) is 17.6. The molecular formula is C21H33N3O5. The topological polar surface area (TPSA) is 93.5 Å². The van der Waals surface area contributed by atoms with Crippen LogP contribution in [0.4, 0.5) is 5.69 Å². The molecule has 0 aliphatic carbocycles. The highest BCUT2D eigenvalue weighted by atomic mass is 16.5. The van der Waals surface area contributed by atoms with Crippen molar-refractivity contribution in [1.29, 1.82) is 0 Å². The van der Waals surface area contributed by atoms with Gasteiger partial charge in [0.1, 0.15) is 5.75 Å². The molecule has 2 saturated heterocycles. The van der Waals surface area contributed by atoms with Crippen molar-refractivity contribution in [2.24, 2.45) is 0 Å². The van der Waals surface area contributed by atoms with Crippen LogP contribution in [0.2, 0.25) is 0 Å². The van der Waals surface area contributed by atoms with Crippen LogP contribution in [-0.4, -0.2) is 90.4 Å². The zero-order valence-electron chi connectivity index (χ0n) is 17.6. The number of piperidine rings is 1. The first-order valence-corrected chi connectivity index (χ1v) is 10.2. The number of nitrogens with zero attached hydrogens (tertiary/aromatic N) is 3. The van der Waals surface area contributed by atoms with Gasteiger partial charge >= 0.3 is 11.9 Å². The minimum atomic E-state index is -1.82. The molecule has 2 aliphatic rings. The van der Waals surface area contributed by atoms with Crippen LogP contribution in [0.25, 0.3) is 0 Å². The molecule has 0 aromatic heterocycles. The largest absolute Gasteiger partial charge is 0.495 e. The molecule has 0 atom stereocenters. The monoisotopic (exact) mass is 407 g/mol. The fraction of sp³-hybridized carbons (Fsp3) is 0.619. The van der Waals surface area contributed by atoms with Gasteiger partial charge in [-0.05, 0) is 51.9 Å². The Morgan fingerprint density at radius 2 is 1.52 bits per heavy atom. The van der Waals surface area contributed by atoms with Gasteiger partial charge in [-0.15, -0.1) is 0 Å². The minimum absolute atomic E-state index is 0.693. The Labute approximate surface area is 172 Å². The average molecular weight is 408 g/mol. The van der Waals surface area contributed by atoms with Crippen LogP contribution in [-0.2, 0) is 9.59 Å². The molecule has 1 aromatic rings. The lowest BCUT2D eigenvalue weighted by Crippen LogP contribution is -2.53. The molecule has 29 heavy (non-hydrogen) atoms. The quantitative estimate of drug-likeness (QED) is 0.731. The number of carboxylic acid groups (broad SMARTS) is 2. The molecule has 2 fully saturated rings. The summed E-state index contributed by atoms with van der Waals surface area (Å²) in [5, 5.41) is 14.8. The smallest absolute Gasteiger partial charge is 0.414 e. The maximum Gasteiger partial charge on any atom is 0.414 e. The van der Waals surface area contributed by atoms with Crippen LogP contribution in [0.3, 0.4) is 0 Å². The second-order valence-electron chi connectivity index (χ2n) is 7.67. The third-order valence-corrected chi connectivity index (χ3v) is 5.67. The lowest BCUT2D eigenvalue weighted by Gasteiger charge is -2.44. The molecule has 1 aromatic carbocycles. The molecule has 2 heterocycles. The summed E-state index contributed by atoms with van der Waals surface area (Å²) < 4.78 is 5.52. The van der Waals surface area contributed by atoms with Crippen molar-refractivity contribution in [2.75, 3.05) is 51.3 Å². The van der Waals surface area contributed by atoms with E-state index >= 15 is 0 Å². The maximum absolute atomic E-state index is 9.10. The Balaban J connectivity index is 0.000000438. The average Bonchev–Trinajstić information content (AvgIpc) is 2.74. The Hall–Kier alpha value is -2.32. The van der Waals surface area contributed by atoms with Crippen molar-refractivity contribution >= 4 is 17.6 Å². The van der Waals surface area contributed by atoms with Gasteiger partial charge in [-0.2, -0.15) is 0 Å². The Morgan fingerprint density at radius 1 is 0.966 bits per heavy atom. The molecule has 8 heteroatoms. The highest BCUT2D eigenvalue weighted by Gasteiger charge is 2.28. The molecule has 0 radical (unpaired) electrons. The van der Waals surface area contributed by atoms with Gasteiger partial charge in [0.2, 0.25) is 0 Å². The number of para-hydroxylation sites is 2. The fourth-order valence-corrected chi connectivity index (χ4v) is 3.99. The summed E-state index contributed by atoms with van der Waals surface area (Å²) in [4.78, 5) is 26.0. The van der Waals surface area contributed by atoms with Crippen LogP contribution in [0, 0.1) is 0 Å². The van der Waals surface area contributed by atoms with E-state index in [1.807, 2.05) is 6.07 Å². The highest BCUT2D eigenvalue weighted by Crippen LogP contribution is 2.29. The normalized spacial score (nSPS) is 18.8. The van der Waals surface area contributed by atoms with Crippen LogP contribution >= 0.6 is 0 Å². The molecule has 0 bridgehead atoms. The summed E-state index contributed by atoms with van der Waals surface area (Å²) in [6.07, 6.45) is 2.65. The molecule has 2 aliphatic heterocycles. The summed E-state index contributed by atoms with van der Waals surface area (Å²) in [6.45, 7) is 11.7. The number of carbonyl (C=O) groups is 2. The van der Waals surface area contributed by atoms with E-state index in [0.29, 0.717) is 6.04 Å². The molecule has 0 unspecified atom stereocenters. The summed E-state index contributed by atoms with van der Waals surface area (Å²) in [5.41, 5.74) is 1.24. The van der Waals surface area contributed by atoms with Gasteiger partial charge in [-0.3, -0.25) is 4.90 Å². The number of hydrogen-bond acceptors (Lipinski definition) is 6. The molecule has 2 N–H and O–H groups in total. The predicted molar refractivity (Wildman–Crippen MR) is 112 cm³/mol. The number of aliphatic carboxylic acids is 2. The molecule has 8 nitrogen and oxygen atoms in total. The number of rotatable bonds is 4. The molecular weight excluding hydrogens is 374 g/mol. The number of hydrogen-bond donors (Lipinski definition) is 2. The van der Waals surface area contributed by atoms with Crippen molar-refractivity contribution < 1.29 is 24.5 Å². The molecule has 0 saturated carbocycles. The Morgan fingerprint density at radius 3 is 2.00 bits per heavy atom. The third-order valence-electron chi connectivity index (χ3n) is 5.67. The van der Waals surface area contributed by atoms with Gasteiger partial charge in [0.25, 0.3) is 0 Å². The maximum atomic E-state index is 9.10. The Kier molecular flexibility index (Phi) is 8.72. The van der Waals surface area contributed by atoms with Gasteiger partial charge in [-0.25, -0.2) is 9.59 Å². The van der Waals surface area contributed by atoms with E-state index in [1.54, 1.807) is 7.11 Å². The Bertz CT molecular complexity index is 654. The molecule has 0 amide bonds. The summed E-state index contributed by atoms with van der Waals surface area (Å²) in [7, 11) is 1.76. The first-order chi connectivity index (χ1) is 13.8. The van der Waals surface area contributed by atoms with Crippen molar-refractivity contribution in [3.63, 3.8) is 0 Å². The van der Waals surface area contributed by atoms with Crippen molar-refractivity contribution in [2.45, 2.75) is 38.8 Å². The number of anilines is 1. The number of methoxy groups -OCH3 is 1. The lowest BCUT2D eigenvalue weighted by atomic mass is 10.0. The number of piperazine rings is 1. The van der Waals surface area contributed by atoms with E-state index in [4.69, 9.17) is 24.5 Å². The van der Waals surface area contributed by atoms with Crippen molar-refractivity contribution in [1.82, 2.24) is 9.80 Å². The van der Waals surface area contributed by atoms with E-state index < -0.39 is 11.9 Å². The number of carboxylic acids is 2. The van der Waals surface area contributed by atoms with Crippen LogP contribution in [0.15, 0.2) is 24.3 Å². The summed E-state index contributed by atoms with van der Waals surface area (Å²) in [5.74, 6) is -2.66. The first-order valence-electron chi connectivity index (χ1n) is 10.2. The molecule has 162 valence electrons. The van der Waals surface area contributed by atoms with E-state index in [-0.39, 0.29) is 0 Å². The van der Waals surface area contributed by atoms with E-state index in [2.05, 4.69) is 46.7 Å². The third kappa shape index (κ3) is 6.61. The minimum Gasteiger partial charge on any atom is -0.495 e. The van der Waals surface area contributed by atoms with Gasteiger partial charge in [0, 0.05) is 38.3 Å².